The monoisotopic (exact) mass is 396 g/mol. The summed E-state index contributed by atoms with van der Waals surface area (Å²) >= 11 is 0. The highest BCUT2D eigenvalue weighted by Gasteiger charge is 2.22. The highest BCUT2D eigenvalue weighted by Crippen LogP contribution is 2.42. The van der Waals surface area contributed by atoms with Crippen molar-refractivity contribution in [3.8, 4) is 5.75 Å². The number of piperidine rings is 1. The standard InChI is InChI=1S/C27H28N2O/c28-22-14-16-29(17-15-22)23-9-6-20(7-10-23)27-25(19-4-2-1-3-5-19)12-8-21-18-24(30)11-13-26(21)27/h1-7,9-11,13,18,22,30H,8,12,14-17,28H2. The maximum atomic E-state index is 10.00. The molecule has 0 spiro atoms. The lowest BCUT2D eigenvalue weighted by molar-refractivity contribution is 0.474. The van der Waals surface area contributed by atoms with Crippen LogP contribution in [0.2, 0.25) is 0 Å². The van der Waals surface area contributed by atoms with Gasteiger partial charge in [0.15, 0.2) is 0 Å². The molecule has 30 heavy (non-hydrogen) atoms. The molecular formula is C27H28N2O. The number of aromatic hydroxyl groups is 1. The van der Waals surface area contributed by atoms with E-state index in [2.05, 4.69) is 65.6 Å². The second-order valence-corrected chi connectivity index (χ2v) is 8.43. The first kappa shape index (κ1) is 19.0. The van der Waals surface area contributed by atoms with Gasteiger partial charge in [0.1, 0.15) is 5.75 Å². The molecule has 1 aliphatic heterocycles. The Morgan fingerprint density at radius 3 is 2.27 bits per heavy atom. The number of allylic oxidation sites excluding steroid dienone is 1. The number of hydrogen-bond acceptors (Lipinski definition) is 3. The van der Waals surface area contributed by atoms with E-state index in [1.165, 1.54) is 39.1 Å². The van der Waals surface area contributed by atoms with Crippen LogP contribution in [0.15, 0.2) is 72.8 Å². The molecule has 0 atom stereocenters. The Balaban J connectivity index is 1.57. The quantitative estimate of drug-likeness (QED) is 0.638. The number of hydrogen-bond donors (Lipinski definition) is 2. The van der Waals surface area contributed by atoms with Gasteiger partial charge in [0.2, 0.25) is 0 Å². The van der Waals surface area contributed by atoms with Gasteiger partial charge in [0.05, 0.1) is 0 Å². The molecular weight excluding hydrogens is 368 g/mol. The van der Waals surface area contributed by atoms with E-state index in [9.17, 15) is 5.11 Å². The zero-order valence-electron chi connectivity index (χ0n) is 17.2. The molecule has 0 bridgehead atoms. The van der Waals surface area contributed by atoms with Gasteiger partial charge in [-0.3, -0.25) is 0 Å². The Morgan fingerprint density at radius 1 is 0.800 bits per heavy atom. The second kappa shape index (κ2) is 8.00. The van der Waals surface area contributed by atoms with Crippen LogP contribution in [-0.4, -0.2) is 24.2 Å². The van der Waals surface area contributed by atoms with Gasteiger partial charge in [-0.15, -0.1) is 0 Å². The van der Waals surface area contributed by atoms with Crippen molar-refractivity contribution in [3.05, 3.63) is 95.1 Å². The van der Waals surface area contributed by atoms with Crippen molar-refractivity contribution in [1.82, 2.24) is 0 Å². The molecule has 0 amide bonds. The number of rotatable bonds is 3. The average molecular weight is 397 g/mol. The van der Waals surface area contributed by atoms with E-state index in [0.717, 1.165) is 38.8 Å². The number of nitrogens with two attached hydrogens (primary N) is 1. The molecule has 0 unspecified atom stereocenters. The fraction of sp³-hybridized carbons (Fsp3) is 0.259. The largest absolute Gasteiger partial charge is 0.508 e. The lowest BCUT2D eigenvalue weighted by Gasteiger charge is -2.32. The topological polar surface area (TPSA) is 49.5 Å². The predicted octanol–water partition coefficient (Wildman–Crippen LogP) is 5.23. The number of benzene rings is 3. The number of nitrogens with zero attached hydrogens (tertiary/aromatic N) is 1. The van der Waals surface area contributed by atoms with Gasteiger partial charge in [-0.05, 0) is 83.3 Å². The number of phenols is 1. The third-order valence-corrected chi connectivity index (χ3v) is 6.49. The molecule has 3 nitrogen and oxygen atoms in total. The van der Waals surface area contributed by atoms with E-state index in [-0.39, 0.29) is 0 Å². The highest BCUT2D eigenvalue weighted by molar-refractivity contribution is 6.01. The van der Waals surface area contributed by atoms with Gasteiger partial charge in [0.25, 0.3) is 0 Å². The van der Waals surface area contributed by atoms with Gasteiger partial charge in [-0.25, -0.2) is 0 Å². The number of aryl methyl sites for hydroxylation is 1. The minimum atomic E-state index is 0.342. The summed E-state index contributed by atoms with van der Waals surface area (Å²) < 4.78 is 0. The molecule has 152 valence electrons. The van der Waals surface area contributed by atoms with E-state index in [0.29, 0.717) is 11.8 Å². The van der Waals surface area contributed by atoms with Crippen LogP contribution < -0.4 is 10.6 Å². The maximum absolute atomic E-state index is 10.00. The van der Waals surface area contributed by atoms with Gasteiger partial charge in [0, 0.05) is 24.8 Å². The van der Waals surface area contributed by atoms with Crippen molar-refractivity contribution < 1.29 is 5.11 Å². The van der Waals surface area contributed by atoms with Crippen molar-refractivity contribution in [2.24, 2.45) is 5.73 Å². The van der Waals surface area contributed by atoms with E-state index >= 15 is 0 Å². The van der Waals surface area contributed by atoms with Crippen molar-refractivity contribution in [3.63, 3.8) is 0 Å². The van der Waals surface area contributed by atoms with Crippen LogP contribution >= 0.6 is 0 Å². The molecule has 0 saturated carbocycles. The molecule has 3 aromatic rings. The van der Waals surface area contributed by atoms with E-state index in [1.807, 2.05) is 6.07 Å². The molecule has 3 N–H and O–H groups in total. The van der Waals surface area contributed by atoms with Crippen LogP contribution in [0.3, 0.4) is 0 Å². The molecule has 1 heterocycles. The zero-order chi connectivity index (χ0) is 20.5. The summed E-state index contributed by atoms with van der Waals surface area (Å²) in [6, 6.07) is 25.8. The molecule has 2 aliphatic rings. The Bertz CT molecular complexity index is 1060. The molecule has 5 rings (SSSR count). The number of fused-ring (bicyclic) bond motifs is 1. The fourth-order valence-corrected chi connectivity index (χ4v) is 4.83. The summed E-state index contributed by atoms with van der Waals surface area (Å²) in [5, 5.41) is 10.00. The van der Waals surface area contributed by atoms with Crippen LogP contribution in [0.5, 0.6) is 5.75 Å². The van der Waals surface area contributed by atoms with E-state index < -0.39 is 0 Å². The van der Waals surface area contributed by atoms with Crippen molar-refractivity contribution >= 4 is 16.8 Å². The molecule has 1 saturated heterocycles. The molecule has 0 radical (unpaired) electrons. The van der Waals surface area contributed by atoms with E-state index in [1.54, 1.807) is 6.07 Å². The Kier molecular flexibility index (Phi) is 5.06. The van der Waals surface area contributed by atoms with Gasteiger partial charge in [-0.1, -0.05) is 48.5 Å². The molecule has 0 aromatic heterocycles. The van der Waals surface area contributed by atoms with Crippen molar-refractivity contribution in [1.29, 1.82) is 0 Å². The van der Waals surface area contributed by atoms with Crippen LogP contribution in [0.4, 0.5) is 5.69 Å². The molecule has 1 aliphatic carbocycles. The SMILES string of the molecule is NC1CCN(c2ccc(C3=C(c4ccccc4)CCc4cc(O)ccc43)cc2)CC1. The summed E-state index contributed by atoms with van der Waals surface area (Å²) in [6.45, 7) is 2.06. The minimum absolute atomic E-state index is 0.342. The van der Waals surface area contributed by atoms with Crippen LogP contribution in [-0.2, 0) is 6.42 Å². The Hall–Kier alpha value is -3.04. The van der Waals surface area contributed by atoms with Crippen LogP contribution in [0, 0.1) is 0 Å². The van der Waals surface area contributed by atoms with Crippen molar-refractivity contribution in [2.75, 3.05) is 18.0 Å². The fourth-order valence-electron chi connectivity index (χ4n) is 4.83. The third-order valence-electron chi connectivity index (χ3n) is 6.49. The Morgan fingerprint density at radius 2 is 1.53 bits per heavy atom. The summed E-state index contributed by atoms with van der Waals surface area (Å²) in [7, 11) is 0. The second-order valence-electron chi connectivity index (χ2n) is 8.43. The first-order valence-electron chi connectivity index (χ1n) is 10.9. The van der Waals surface area contributed by atoms with Gasteiger partial charge in [-0.2, -0.15) is 0 Å². The number of anilines is 1. The van der Waals surface area contributed by atoms with Crippen LogP contribution in [0.25, 0.3) is 11.1 Å². The number of phenolic OH excluding ortho intramolecular Hbond substituents is 1. The Labute approximate surface area is 178 Å². The van der Waals surface area contributed by atoms with Gasteiger partial charge < -0.3 is 15.7 Å². The zero-order valence-corrected chi connectivity index (χ0v) is 17.2. The molecule has 3 heteroatoms. The summed E-state index contributed by atoms with van der Waals surface area (Å²) in [5.41, 5.74) is 15.0. The normalized spacial score (nSPS) is 17.2. The minimum Gasteiger partial charge on any atom is -0.508 e. The van der Waals surface area contributed by atoms with Crippen LogP contribution in [0.1, 0.15) is 41.5 Å². The van der Waals surface area contributed by atoms with E-state index in [4.69, 9.17) is 5.73 Å². The summed E-state index contributed by atoms with van der Waals surface area (Å²) in [5.74, 6) is 0.343. The highest BCUT2D eigenvalue weighted by atomic mass is 16.3. The smallest absolute Gasteiger partial charge is 0.115 e. The third kappa shape index (κ3) is 3.61. The first-order valence-corrected chi connectivity index (χ1v) is 10.9. The summed E-state index contributed by atoms with van der Waals surface area (Å²) in [6.07, 6.45) is 4.04. The lowest BCUT2D eigenvalue weighted by Crippen LogP contribution is -2.39. The van der Waals surface area contributed by atoms with Crippen molar-refractivity contribution in [2.45, 2.75) is 31.7 Å². The average Bonchev–Trinajstić information content (AvgIpc) is 2.79. The first-order chi connectivity index (χ1) is 14.7. The summed E-state index contributed by atoms with van der Waals surface area (Å²) in [4.78, 5) is 2.44. The molecule has 1 fully saturated rings. The predicted molar refractivity (Wildman–Crippen MR) is 125 cm³/mol. The van der Waals surface area contributed by atoms with Gasteiger partial charge >= 0.3 is 0 Å². The molecule has 3 aromatic carbocycles. The maximum Gasteiger partial charge on any atom is 0.115 e. The lowest BCUT2D eigenvalue weighted by atomic mass is 9.79.